The Hall–Kier alpha value is -1.77. The van der Waals surface area contributed by atoms with Crippen LogP contribution in [0.5, 0.6) is 0 Å². The molecule has 1 aromatic heterocycles. The Kier molecular flexibility index (Phi) is 4.58. The molecule has 0 amide bonds. The van der Waals surface area contributed by atoms with E-state index >= 15 is 0 Å². The summed E-state index contributed by atoms with van der Waals surface area (Å²) >= 11 is 0. The van der Waals surface area contributed by atoms with E-state index in [4.69, 9.17) is 9.15 Å². The lowest BCUT2D eigenvalue weighted by atomic mass is 9.65. The molecule has 1 saturated heterocycles. The quantitative estimate of drug-likeness (QED) is 0.793. The smallest absolute Gasteiger partial charge is 0.246 e. The molecule has 0 bridgehead atoms. The normalized spacial score (nSPS) is 23.5. The van der Waals surface area contributed by atoms with E-state index in [0.717, 1.165) is 25.7 Å². The van der Waals surface area contributed by atoms with Gasteiger partial charge in [-0.2, -0.15) is 4.31 Å². The van der Waals surface area contributed by atoms with Gasteiger partial charge >= 0.3 is 0 Å². The van der Waals surface area contributed by atoms with Crippen LogP contribution >= 0.6 is 0 Å². The predicted octanol–water partition coefficient (Wildman–Crippen LogP) is 2.07. The lowest BCUT2D eigenvalue weighted by molar-refractivity contribution is -0.0187. The molecule has 140 valence electrons. The Labute approximate surface area is 153 Å². The third kappa shape index (κ3) is 3.41. The fraction of sp³-hybridized carbons (Fsp3) is 0.556. The Balaban J connectivity index is 1.53. The highest BCUT2D eigenvalue weighted by Gasteiger charge is 2.44. The van der Waals surface area contributed by atoms with Crippen molar-refractivity contribution in [2.45, 2.75) is 37.2 Å². The zero-order valence-corrected chi connectivity index (χ0v) is 15.6. The van der Waals surface area contributed by atoms with Gasteiger partial charge in [0.05, 0.1) is 18.3 Å². The van der Waals surface area contributed by atoms with E-state index in [9.17, 15) is 8.42 Å². The highest BCUT2D eigenvalue weighted by molar-refractivity contribution is 7.88. The number of nitrogens with zero attached hydrogens (tertiary/aromatic N) is 3. The standard InChI is InChI=1S/C18H23N3O4S/c1-26(22,23)21-10-11-24-15(13-21)16-19-20-17(25-16)18(8-5-9-18)12-14-6-3-2-4-7-14/h2-4,6-7,15H,5,8-13H2,1H3. The minimum Gasteiger partial charge on any atom is -0.422 e. The molecular formula is C18H23N3O4S. The van der Waals surface area contributed by atoms with Gasteiger partial charge in [0.15, 0.2) is 0 Å². The van der Waals surface area contributed by atoms with E-state index in [-0.39, 0.29) is 12.0 Å². The molecule has 1 unspecified atom stereocenters. The highest BCUT2D eigenvalue weighted by atomic mass is 32.2. The van der Waals surface area contributed by atoms with Gasteiger partial charge in [-0.25, -0.2) is 8.42 Å². The van der Waals surface area contributed by atoms with Gasteiger partial charge in [0.1, 0.15) is 6.10 Å². The summed E-state index contributed by atoms with van der Waals surface area (Å²) in [6, 6.07) is 10.3. The van der Waals surface area contributed by atoms with Gasteiger partial charge in [-0.3, -0.25) is 0 Å². The lowest BCUT2D eigenvalue weighted by Gasteiger charge is -2.38. The molecule has 1 atom stereocenters. The van der Waals surface area contributed by atoms with Crippen LogP contribution in [0.4, 0.5) is 0 Å². The molecule has 0 spiro atoms. The number of hydrogen-bond acceptors (Lipinski definition) is 6. The first kappa shape index (κ1) is 17.6. The largest absolute Gasteiger partial charge is 0.422 e. The van der Waals surface area contributed by atoms with Crippen LogP contribution < -0.4 is 0 Å². The van der Waals surface area contributed by atoms with E-state index in [1.165, 1.54) is 16.1 Å². The first-order valence-electron chi connectivity index (χ1n) is 8.91. The second kappa shape index (κ2) is 6.75. The maximum absolute atomic E-state index is 11.8. The average molecular weight is 377 g/mol. The van der Waals surface area contributed by atoms with Gasteiger partial charge in [0, 0.05) is 13.1 Å². The van der Waals surface area contributed by atoms with Crippen molar-refractivity contribution in [2.75, 3.05) is 26.0 Å². The zero-order valence-electron chi connectivity index (χ0n) is 14.8. The monoisotopic (exact) mass is 377 g/mol. The van der Waals surface area contributed by atoms with Crippen molar-refractivity contribution >= 4 is 10.0 Å². The Morgan fingerprint density at radius 3 is 2.65 bits per heavy atom. The van der Waals surface area contributed by atoms with Crippen LogP contribution in [-0.4, -0.2) is 48.9 Å². The van der Waals surface area contributed by atoms with E-state index in [2.05, 4.69) is 22.3 Å². The number of benzene rings is 1. The molecular weight excluding hydrogens is 354 g/mol. The van der Waals surface area contributed by atoms with Crippen molar-refractivity contribution < 1.29 is 17.6 Å². The summed E-state index contributed by atoms with van der Waals surface area (Å²) in [5.74, 6) is 1.01. The minimum absolute atomic E-state index is 0.113. The molecule has 2 heterocycles. The van der Waals surface area contributed by atoms with Crippen molar-refractivity contribution in [1.82, 2.24) is 14.5 Å². The number of aromatic nitrogens is 2. The fourth-order valence-corrected chi connectivity index (χ4v) is 4.52. The van der Waals surface area contributed by atoms with Crippen LogP contribution in [0, 0.1) is 0 Å². The predicted molar refractivity (Wildman–Crippen MR) is 95.1 cm³/mol. The van der Waals surface area contributed by atoms with Crippen molar-refractivity contribution in [3.8, 4) is 0 Å². The van der Waals surface area contributed by atoms with Gasteiger partial charge < -0.3 is 9.15 Å². The molecule has 26 heavy (non-hydrogen) atoms. The van der Waals surface area contributed by atoms with Crippen molar-refractivity contribution in [3.63, 3.8) is 0 Å². The van der Waals surface area contributed by atoms with Gasteiger partial charge in [-0.05, 0) is 24.8 Å². The Morgan fingerprint density at radius 2 is 2.00 bits per heavy atom. The number of rotatable bonds is 5. The molecule has 7 nitrogen and oxygen atoms in total. The highest BCUT2D eigenvalue weighted by Crippen LogP contribution is 2.46. The van der Waals surface area contributed by atoms with Gasteiger partial charge in [-0.1, -0.05) is 36.8 Å². The van der Waals surface area contributed by atoms with Crippen molar-refractivity contribution in [3.05, 3.63) is 47.7 Å². The van der Waals surface area contributed by atoms with Crippen LogP contribution in [0.15, 0.2) is 34.7 Å². The molecule has 1 saturated carbocycles. The number of ether oxygens (including phenoxy) is 1. The summed E-state index contributed by atoms with van der Waals surface area (Å²) in [5.41, 5.74) is 1.14. The van der Waals surface area contributed by atoms with Gasteiger partial charge in [-0.15, -0.1) is 10.2 Å². The molecule has 0 radical (unpaired) electrons. The molecule has 1 aliphatic heterocycles. The van der Waals surface area contributed by atoms with E-state index in [1.54, 1.807) is 0 Å². The summed E-state index contributed by atoms with van der Waals surface area (Å²) in [7, 11) is -3.26. The molecule has 2 aliphatic rings. The van der Waals surface area contributed by atoms with Crippen LogP contribution in [-0.2, 0) is 26.6 Å². The zero-order chi connectivity index (χ0) is 18.2. The second-order valence-electron chi connectivity index (χ2n) is 7.22. The number of sulfonamides is 1. The summed E-state index contributed by atoms with van der Waals surface area (Å²) < 4.78 is 36.7. The SMILES string of the molecule is CS(=O)(=O)N1CCOC(c2nnc(C3(Cc4ccccc4)CCC3)o2)C1. The molecule has 1 aliphatic carbocycles. The average Bonchev–Trinajstić information content (AvgIpc) is 3.09. The molecule has 2 fully saturated rings. The summed E-state index contributed by atoms with van der Waals surface area (Å²) in [4.78, 5) is 0. The summed E-state index contributed by atoms with van der Waals surface area (Å²) in [6.07, 6.45) is 4.75. The topological polar surface area (TPSA) is 85.5 Å². The first-order valence-corrected chi connectivity index (χ1v) is 10.8. The maximum atomic E-state index is 11.8. The number of hydrogen-bond donors (Lipinski definition) is 0. The Morgan fingerprint density at radius 1 is 1.23 bits per heavy atom. The molecule has 4 rings (SSSR count). The van der Waals surface area contributed by atoms with E-state index in [0.29, 0.717) is 24.9 Å². The van der Waals surface area contributed by atoms with Crippen molar-refractivity contribution in [1.29, 1.82) is 0 Å². The van der Waals surface area contributed by atoms with Crippen LogP contribution in [0.2, 0.25) is 0 Å². The molecule has 1 aromatic carbocycles. The van der Waals surface area contributed by atoms with Crippen LogP contribution in [0.1, 0.15) is 42.7 Å². The fourth-order valence-electron chi connectivity index (χ4n) is 3.71. The second-order valence-corrected chi connectivity index (χ2v) is 9.20. The summed E-state index contributed by atoms with van der Waals surface area (Å²) in [5, 5.41) is 8.49. The van der Waals surface area contributed by atoms with Crippen molar-refractivity contribution in [2.24, 2.45) is 0 Å². The molecule has 0 N–H and O–H groups in total. The molecule has 8 heteroatoms. The first-order chi connectivity index (χ1) is 12.5. The summed E-state index contributed by atoms with van der Waals surface area (Å²) in [6.45, 7) is 0.894. The van der Waals surface area contributed by atoms with Gasteiger partial charge in [0.2, 0.25) is 21.8 Å². The molecule has 2 aromatic rings. The third-order valence-corrected chi connectivity index (χ3v) is 6.63. The minimum atomic E-state index is -3.26. The van der Waals surface area contributed by atoms with Crippen LogP contribution in [0.25, 0.3) is 0 Å². The maximum Gasteiger partial charge on any atom is 0.246 e. The van der Waals surface area contributed by atoms with Gasteiger partial charge in [0.25, 0.3) is 0 Å². The van der Waals surface area contributed by atoms with E-state index in [1.807, 2.05) is 18.2 Å². The third-order valence-electron chi connectivity index (χ3n) is 5.36. The van der Waals surface area contributed by atoms with E-state index < -0.39 is 16.1 Å². The van der Waals surface area contributed by atoms with Crippen LogP contribution in [0.3, 0.4) is 0 Å². The Bertz CT molecular complexity index is 862. The number of morpholine rings is 1. The lowest BCUT2D eigenvalue weighted by Crippen LogP contribution is -2.41.